The lowest BCUT2D eigenvalue weighted by Crippen LogP contribution is -2.40. The fourth-order valence-corrected chi connectivity index (χ4v) is 3.15. The average Bonchev–Trinajstić information content (AvgIpc) is 3.11. The zero-order valence-electron chi connectivity index (χ0n) is 13.7. The van der Waals surface area contributed by atoms with Crippen molar-refractivity contribution in [2.75, 3.05) is 33.7 Å². The Bertz CT molecular complexity index is 611. The van der Waals surface area contributed by atoms with Crippen LogP contribution in [-0.4, -0.2) is 64.4 Å². The van der Waals surface area contributed by atoms with Gasteiger partial charge in [0.25, 0.3) is 5.89 Å². The standard InChI is InChI=1S/C16H24N4O3/c1-19(2)12-16(21)6-4-8-20(9-7-16)11-14-17-18-15(23-14)13-5-3-10-22-13/h3,5,10,21H,4,6-9,11-12H2,1-2H3/t16-/m1/s1. The van der Waals surface area contributed by atoms with E-state index in [1.807, 2.05) is 19.0 Å². The second kappa shape index (κ2) is 6.82. The van der Waals surface area contributed by atoms with Crippen molar-refractivity contribution in [2.24, 2.45) is 0 Å². The van der Waals surface area contributed by atoms with E-state index in [1.54, 1.807) is 18.4 Å². The third-order valence-electron chi connectivity index (χ3n) is 4.18. The second-order valence-electron chi connectivity index (χ2n) is 6.57. The van der Waals surface area contributed by atoms with E-state index in [2.05, 4.69) is 15.1 Å². The predicted octanol–water partition coefficient (Wildman–Crippen LogP) is 1.61. The van der Waals surface area contributed by atoms with Crippen molar-refractivity contribution in [2.45, 2.75) is 31.4 Å². The van der Waals surface area contributed by atoms with Gasteiger partial charge < -0.3 is 18.8 Å². The normalized spacial score (nSPS) is 23.3. The lowest BCUT2D eigenvalue weighted by atomic mass is 9.94. The van der Waals surface area contributed by atoms with Crippen LogP contribution in [0.3, 0.4) is 0 Å². The molecule has 1 aliphatic heterocycles. The number of aliphatic hydroxyl groups is 1. The molecule has 1 atom stereocenters. The second-order valence-corrected chi connectivity index (χ2v) is 6.57. The Balaban J connectivity index is 1.59. The fraction of sp³-hybridized carbons (Fsp3) is 0.625. The van der Waals surface area contributed by atoms with Crippen molar-refractivity contribution in [1.82, 2.24) is 20.0 Å². The van der Waals surface area contributed by atoms with Gasteiger partial charge in [0.15, 0.2) is 5.76 Å². The molecule has 2 aromatic rings. The van der Waals surface area contributed by atoms with Gasteiger partial charge in [-0.1, -0.05) is 0 Å². The van der Waals surface area contributed by atoms with E-state index in [0.717, 1.165) is 32.4 Å². The molecule has 1 saturated heterocycles. The number of aromatic nitrogens is 2. The summed E-state index contributed by atoms with van der Waals surface area (Å²) in [4.78, 5) is 4.30. The summed E-state index contributed by atoms with van der Waals surface area (Å²) in [5.74, 6) is 1.57. The van der Waals surface area contributed by atoms with Gasteiger partial charge in [0.2, 0.25) is 5.89 Å². The van der Waals surface area contributed by atoms with E-state index in [4.69, 9.17) is 8.83 Å². The van der Waals surface area contributed by atoms with Gasteiger partial charge in [-0.2, -0.15) is 0 Å². The molecule has 0 radical (unpaired) electrons. The summed E-state index contributed by atoms with van der Waals surface area (Å²) >= 11 is 0. The molecule has 0 bridgehead atoms. The van der Waals surface area contributed by atoms with Crippen LogP contribution in [0.4, 0.5) is 0 Å². The number of likely N-dealkylation sites (N-methyl/N-ethyl adjacent to an activating group) is 1. The maximum Gasteiger partial charge on any atom is 0.283 e. The van der Waals surface area contributed by atoms with E-state index < -0.39 is 5.60 Å². The minimum absolute atomic E-state index is 0.406. The molecule has 0 aromatic carbocycles. The van der Waals surface area contributed by atoms with Crippen molar-refractivity contribution in [1.29, 1.82) is 0 Å². The Morgan fingerprint density at radius 3 is 2.91 bits per heavy atom. The SMILES string of the molecule is CN(C)C[C@@]1(O)CCCN(Cc2nnc(-c3ccco3)o2)CC1. The van der Waals surface area contributed by atoms with Crippen molar-refractivity contribution in [3.63, 3.8) is 0 Å². The van der Waals surface area contributed by atoms with Gasteiger partial charge in [-0.15, -0.1) is 10.2 Å². The van der Waals surface area contributed by atoms with Gasteiger partial charge >= 0.3 is 0 Å². The third-order valence-corrected chi connectivity index (χ3v) is 4.18. The van der Waals surface area contributed by atoms with Crippen molar-refractivity contribution >= 4 is 0 Å². The van der Waals surface area contributed by atoms with Crippen LogP contribution in [0.25, 0.3) is 11.7 Å². The summed E-state index contributed by atoms with van der Waals surface area (Å²) in [7, 11) is 3.99. The minimum Gasteiger partial charge on any atom is -0.459 e. The molecule has 1 N–H and O–H groups in total. The number of furan rings is 1. The van der Waals surface area contributed by atoms with Crippen LogP contribution in [0.2, 0.25) is 0 Å². The van der Waals surface area contributed by atoms with Crippen LogP contribution in [0.5, 0.6) is 0 Å². The van der Waals surface area contributed by atoms with E-state index in [9.17, 15) is 5.11 Å². The molecule has 3 rings (SSSR count). The summed E-state index contributed by atoms with van der Waals surface area (Å²) in [6, 6.07) is 3.59. The van der Waals surface area contributed by atoms with Gasteiger partial charge in [0, 0.05) is 13.1 Å². The lowest BCUT2D eigenvalue weighted by molar-refractivity contribution is 0.00241. The van der Waals surface area contributed by atoms with Crippen molar-refractivity contribution in [3.05, 3.63) is 24.3 Å². The Hall–Kier alpha value is -1.70. The number of hydrogen-bond donors (Lipinski definition) is 1. The molecule has 0 unspecified atom stereocenters. The summed E-state index contributed by atoms with van der Waals surface area (Å²) < 4.78 is 10.9. The highest BCUT2D eigenvalue weighted by atomic mass is 16.4. The quantitative estimate of drug-likeness (QED) is 0.896. The lowest BCUT2D eigenvalue weighted by Gasteiger charge is -2.29. The maximum absolute atomic E-state index is 10.7. The first kappa shape index (κ1) is 16.2. The molecule has 3 heterocycles. The average molecular weight is 320 g/mol. The first-order chi connectivity index (χ1) is 11.0. The van der Waals surface area contributed by atoms with Gasteiger partial charge in [-0.05, 0) is 52.0 Å². The first-order valence-corrected chi connectivity index (χ1v) is 8.00. The highest BCUT2D eigenvalue weighted by molar-refractivity contribution is 5.42. The Kier molecular flexibility index (Phi) is 4.79. The van der Waals surface area contributed by atoms with E-state index in [-0.39, 0.29) is 0 Å². The first-order valence-electron chi connectivity index (χ1n) is 8.00. The molecule has 1 fully saturated rings. The molecular formula is C16H24N4O3. The summed E-state index contributed by atoms with van der Waals surface area (Å²) in [5, 5.41) is 18.8. The Morgan fingerprint density at radius 1 is 1.30 bits per heavy atom. The minimum atomic E-state index is -0.605. The van der Waals surface area contributed by atoms with Crippen LogP contribution in [0.15, 0.2) is 27.2 Å². The molecule has 1 aliphatic rings. The van der Waals surface area contributed by atoms with Gasteiger partial charge in [0.05, 0.1) is 18.4 Å². The smallest absolute Gasteiger partial charge is 0.283 e. The highest BCUT2D eigenvalue weighted by Crippen LogP contribution is 2.24. The third kappa shape index (κ3) is 4.19. The summed E-state index contributed by atoms with van der Waals surface area (Å²) in [6.07, 6.45) is 4.12. The van der Waals surface area contributed by atoms with Gasteiger partial charge in [-0.25, -0.2) is 0 Å². The molecule has 0 saturated carbocycles. The van der Waals surface area contributed by atoms with Crippen LogP contribution in [-0.2, 0) is 6.54 Å². The van der Waals surface area contributed by atoms with Crippen LogP contribution < -0.4 is 0 Å². The van der Waals surface area contributed by atoms with E-state index >= 15 is 0 Å². The molecule has 0 amide bonds. The van der Waals surface area contributed by atoms with Gasteiger partial charge in [0.1, 0.15) is 0 Å². The van der Waals surface area contributed by atoms with Gasteiger partial charge in [-0.3, -0.25) is 4.90 Å². The van der Waals surface area contributed by atoms with Crippen molar-refractivity contribution < 1.29 is 13.9 Å². The molecule has 126 valence electrons. The van der Waals surface area contributed by atoms with Crippen LogP contribution in [0.1, 0.15) is 25.2 Å². The fourth-order valence-electron chi connectivity index (χ4n) is 3.15. The maximum atomic E-state index is 10.7. The zero-order valence-corrected chi connectivity index (χ0v) is 13.7. The molecule has 0 spiro atoms. The highest BCUT2D eigenvalue weighted by Gasteiger charge is 2.31. The molecule has 2 aromatic heterocycles. The topological polar surface area (TPSA) is 78.8 Å². The number of nitrogens with zero attached hydrogens (tertiary/aromatic N) is 4. The van der Waals surface area contributed by atoms with E-state index in [0.29, 0.717) is 30.6 Å². The molecule has 23 heavy (non-hydrogen) atoms. The molecular weight excluding hydrogens is 296 g/mol. The number of rotatable bonds is 5. The summed E-state index contributed by atoms with van der Waals surface area (Å²) in [6.45, 7) is 3.05. The van der Waals surface area contributed by atoms with E-state index in [1.165, 1.54) is 0 Å². The monoisotopic (exact) mass is 320 g/mol. The summed E-state index contributed by atoms with van der Waals surface area (Å²) in [5.41, 5.74) is -0.605. The van der Waals surface area contributed by atoms with Crippen LogP contribution in [0, 0.1) is 0 Å². The Morgan fingerprint density at radius 2 is 2.17 bits per heavy atom. The Labute approximate surface area is 135 Å². The number of hydrogen-bond acceptors (Lipinski definition) is 7. The van der Waals surface area contributed by atoms with Crippen LogP contribution >= 0.6 is 0 Å². The largest absolute Gasteiger partial charge is 0.459 e. The van der Waals surface area contributed by atoms with Crippen molar-refractivity contribution in [3.8, 4) is 11.7 Å². The molecule has 7 heteroatoms. The molecule has 0 aliphatic carbocycles. The molecule has 7 nitrogen and oxygen atoms in total. The number of likely N-dealkylation sites (tertiary alicyclic amines) is 1. The zero-order chi connectivity index (χ0) is 16.3. The predicted molar refractivity (Wildman–Crippen MR) is 84.6 cm³/mol.